The van der Waals surface area contributed by atoms with Crippen LogP contribution in [0.3, 0.4) is 0 Å². The SMILES string of the molecule is CC(=O)c1ccc(CNC(=O)C2CCCN2Cc2ccccc2)nc1C. The first-order valence-electron chi connectivity index (χ1n) is 9.08. The minimum absolute atomic E-state index is 0.00750. The summed E-state index contributed by atoms with van der Waals surface area (Å²) in [5, 5.41) is 3.00. The Morgan fingerprint density at radius 2 is 1.96 bits per heavy atom. The molecule has 26 heavy (non-hydrogen) atoms. The number of carbonyl (C=O) groups excluding carboxylic acids is 2. The fourth-order valence-electron chi connectivity index (χ4n) is 3.51. The largest absolute Gasteiger partial charge is 0.349 e. The Labute approximate surface area is 154 Å². The van der Waals surface area contributed by atoms with E-state index < -0.39 is 0 Å². The third-order valence-corrected chi connectivity index (χ3v) is 4.86. The third kappa shape index (κ3) is 4.35. The summed E-state index contributed by atoms with van der Waals surface area (Å²) in [6, 6.07) is 13.7. The number of carbonyl (C=O) groups is 2. The van der Waals surface area contributed by atoms with Gasteiger partial charge in [0, 0.05) is 17.8 Å². The fraction of sp³-hybridized carbons (Fsp3) is 0.381. The standard InChI is InChI=1S/C21H25N3O2/c1-15-19(16(2)25)11-10-18(23-15)13-22-21(26)20-9-6-12-24(20)14-17-7-4-3-5-8-17/h3-5,7-8,10-11,20H,6,9,12-14H2,1-2H3,(H,22,26). The summed E-state index contributed by atoms with van der Waals surface area (Å²) in [7, 11) is 0. The number of nitrogens with zero attached hydrogens (tertiary/aromatic N) is 2. The highest BCUT2D eigenvalue weighted by Crippen LogP contribution is 2.20. The van der Waals surface area contributed by atoms with Gasteiger partial charge in [-0.2, -0.15) is 0 Å². The second kappa shape index (κ2) is 8.23. The molecule has 1 saturated heterocycles. The number of aryl methyl sites for hydroxylation is 1. The molecule has 1 unspecified atom stereocenters. The van der Waals surface area contributed by atoms with E-state index in [1.54, 1.807) is 12.1 Å². The van der Waals surface area contributed by atoms with E-state index in [9.17, 15) is 9.59 Å². The monoisotopic (exact) mass is 351 g/mol. The number of benzene rings is 1. The first kappa shape index (κ1) is 18.3. The zero-order valence-electron chi connectivity index (χ0n) is 15.4. The molecule has 0 radical (unpaired) electrons. The molecule has 3 rings (SSSR count). The van der Waals surface area contributed by atoms with Crippen molar-refractivity contribution in [1.82, 2.24) is 15.2 Å². The predicted molar refractivity (Wildman–Crippen MR) is 101 cm³/mol. The molecule has 2 heterocycles. The number of hydrogen-bond acceptors (Lipinski definition) is 4. The normalized spacial score (nSPS) is 17.2. The van der Waals surface area contributed by atoms with Gasteiger partial charge in [0.1, 0.15) is 0 Å². The molecule has 5 nitrogen and oxygen atoms in total. The van der Waals surface area contributed by atoms with E-state index in [4.69, 9.17) is 0 Å². The lowest BCUT2D eigenvalue weighted by atomic mass is 10.1. The van der Waals surface area contributed by atoms with E-state index in [0.717, 1.165) is 31.6 Å². The van der Waals surface area contributed by atoms with Crippen LogP contribution in [-0.4, -0.2) is 34.2 Å². The van der Waals surface area contributed by atoms with Gasteiger partial charge in [-0.3, -0.25) is 19.5 Å². The van der Waals surface area contributed by atoms with Crippen LogP contribution < -0.4 is 5.32 Å². The highest BCUT2D eigenvalue weighted by atomic mass is 16.2. The summed E-state index contributed by atoms with van der Waals surface area (Å²) in [5.74, 6) is 0.0571. The molecule has 0 spiro atoms. The molecular weight excluding hydrogens is 326 g/mol. The summed E-state index contributed by atoms with van der Waals surface area (Å²) < 4.78 is 0. The third-order valence-electron chi connectivity index (χ3n) is 4.86. The van der Waals surface area contributed by atoms with Crippen molar-refractivity contribution in [3.05, 3.63) is 65.0 Å². The molecule has 1 atom stereocenters. The lowest BCUT2D eigenvalue weighted by Crippen LogP contribution is -2.42. The van der Waals surface area contributed by atoms with E-state index >= 15 is 0 Å². The lowest BCUT2D eigenvalue weighted by Gasteiger charge is -2.23. The average molecular weight is 351 g/mol. The van der Waals surface area contributed by atoms with Crippen LogP contribution in [0.15, 0.2) is 42.5 Å². The van der Waals surface area contributed by atoms with Crippen molar-refractivity contribution in [3.63, 3.8) is 0 Å². The summed E-state index contributed by atoms with van der Waals surface area (Å²) in [6.45, 7) is 5.47. The highest BCUT2D eigenvalue weighted by molar-refractivity contribution is 5.95. The summed E-state index contributed by atoms with van der Waals surface area (Å²) >= 11 is 0. The van der Waals surface area contributed by atoms with Gasteiger partial charge in [-0.15, -0.1) is 0 Å². The van der Waals surface area contributed by atoms with Crippen LogP contribution >= 0.6 is 0 Å². The van der Waals surface area contributed by atoms with Crippen LogP contribution in [0.4, 0.5) is 0 Å². The molecule has 5 heteroatoms. The molecule has 0 saturated carbocycles. The van der Waals surface area contributed by atoms with Gasteiger partial charge in [0.15, 0.2) is 5.78 Å². The number of likely N-dealkylation sites (tertiary alicyclic amines) is 1. The van der Waals surface area contributed by atoms with Crippen LogP contribution in [0, 0.1) is 6.92 Å². The molecule has 1 aliphatic heterocycles. The predicted octanol–water partition coefficient (Wildman–Crippen LogP) is 2.87. The zero-order chi connectivity index (χ0) is 18.5. The first-order chi connectivity index (χ1) is 12.5. The number of pyridine rings is 1. The van der Waals surface area contributed by atoms with Gasteiger partial charge >= 0.3 is 0 Å². The molecule has 1 fully saturated rings. The molecule has 136 valence electrons. The second-order valence-electron chi connectivity index (χ2n) is 6.82. The minimum Gasteiger partial charge on any atom is -0.349 e. The van der Waals surface area contributed by atoms with Crippen LogP contribution in [0.2, 0.25) is 0 Å². The Balaban J connectivity index is 1.59. The molecule has 1 N–H and O–H groups in total. The van der Waals surface area contributed by atoms with Gasteiger partial charge < -0.3 is 5.32 Å². The minimum atomic E-state index is -0.0900. The van der Waals surface area contributed by atoms with Gasteiger partial charge in [-0.25, -0.2) is 0 Å². The smallest absolute Gasteiger partial charge is 0.237 e. The van der Waals surface area contributed by atoms with Gasteiger partial charge in [0.05, 0.1) is 18.3 Å². The summed E-state index contributed by atoms with van der Waals surface area (Å²) in [5.41, 5.74) is 3.33. The van der Waals surface area contributed by atoms with Crippen molar-refractivity contribution in [1.29, 1.82) is 0 Å². The number of aromatic nitrogens is 1. The quantitative estimate of drug-likeness (QED) is 0.813. The maximum atomic E-state index is 12.6. The van der Waals surface area contributed by atoms with Crippen LogP contribution in [0.25, 0.3) is 0 Å². The van der Waals surface area contributed by atoms with E-state index in [2.05, 4.69) is 27.3 Å². The molecule has 1 aromatic carbocycles. The number of ketones is 1. The summed E-state index contributed by atoms with van der Waals surface area (Å²) in [4.78, 5) is 30.8. The Morgan fingerprint density at radius 3 is 2.65 bits per heavy atom. The summed E-state index contributed by atoms with van der Waals surface area (Å²) in [6.07, 6.45) is 1.92. The van der Waals surface area contributed by atoms with Crippen LogP contribution in [0.1, 0.15) is 47.1 Å². The zero-order valence-corrected chi connectivity index (χ0v) is 15.4. The van der Waals surface area contributed by atoms with Crippen molar-refractivity contribution in [3.8, 4) is 0 Å². The number of nitrogens with one attached hydrogen (secondary N) is 1. The number of hydrogen-bond donors (Lipinski definition) is 1. The highest BCUT2D eigenvalue weighted by Gasteiger charge is 2.30. The molecule has 2 aromatic rings. The number of Topliss-reactive ketones (excluding diaryl/α,β-unsaturated/α-hetero) is 1. The molecule has 0 aliphatic carbocycles. The van der Waals surface area contributed by atoms with Gasteiger partial charge in [0.25, 0.3) is 0 Å². The fourth-order valence-corrected chi connectivity index (χ4v) is 3.51. The maximum absolute atomic E-state index is 12.6. The lowest BCUT2D eigenvalue weighted by molar-refractivity contribution is -0.125. The molecule has 0 bridgehead atoms. The maximum Gasteiger partial charge on any atom is 0.237 e. The topological polar surface area (TPSA) is 62.3 Å². The Bertz CT molecular complexity index is 789. The van der Waals surface area contributed by atoms with Crippen molar-refractivity contribution in [2.75, 3.05) is 6.54 Å². The van der Waals surface area contributed by atoms with Crippen molar-refractivity contribution >= 4 is 11.7 Å². The molecule has 1 aliphatic rings. The van der Waals surface area contributed by atoms with Gasteiger partial charge in [0.2, 0.25) is 5.91 Å². The Hall–Kier alpha value is -2.53. The second-order valence-corrected chi connectivity index (χ2v) is 6.82. The first-order valence-corrected chi connectivity index (χ1v) is 9.08. The molecule has 1 aromatic heterocycles. The van der Waals surface area contributed by atoms with Crippen LogP contribution in [0.5, 0.6) is 0 Å². The van der Waals surface area contributed by atoms with Crippen molar-refractivity contribution < 1.29 is 9.59 Å². The average Bonchev–Trinajstić information content (AvgIpc) is 3.08. The molecular formula is C21H25N3O2. The number of amides is 1. The van der Waals surface area contributed by atoms with Crippen molar-refractivity contribution in [2.45, 2.75) is 45.8 Å². The van der Waals surface area contributed by atoms with Crippen molar-refractivity contribution in [2.24, 2.45) is 0 Å². The Morgan fingerprint density at radius 1 is 1.19 bits per heavy atom. The van der Waals surface area contributed by atoms with E-state index in [-0.39, 0.29) is 17.7 Å². The van der Waals surface area contributed by atoms with Crippen LogP contribution in [-0.2, 0) is 17.9 Å². The van der Waals surface area contributed by atoms with Gasteiger partial charge in [-0.05, 0) is 50.9 Å². The Kier molecular flexibility index (Phi) is 5.78. The van der Waals surface area contributed by atoms with Gasteiger partial charge in [-0.1, -0.05) is 30.3 Å². The molecule has 1 amide bonds. The van der Waals surface area contributed by atoms with E-state index in [1.165, 1.54) is 12.5 Å². The number of rotatable bonds is 6. The van der Waals surface area contributed by atoms with E-state index in [1.807, 2.05) is 25.1 Å². The van der Waals surface area contributed by atoms with E-state index in [0.29, 0.717) is 17.8 Å².